The first-order chi connectivity index (χ1) is 22.4. The van der Waals surface area contributed by atoms with Crippen LogP contribution in [-0.4, -0.2) is 89.2 Å². The summed E-state index contributed by atoms with van der Waals surface area (Å²) >= 11 is 0. The van der Waals surface area contributed by atoms with Crippen LogP contribution in [0.25, 0.3) is 10.9 Å². The van der Waals surface area contributed by atoms with E-state index in [4.69, 9.17) is 0 Å². The van der Waals surface area contributed by atoms with Gasteiger partial charge in [0.25, 0.3) is 0 Å². The molecule has 10 nitrogen and oxygen atoms in total. The number of hydrogen-bond donors (Lipinski definition) is 3. The van der Waals surface area contributed by atoms with Crippen molar-refractivity contribution in [2.75, 3.05) is 51.1 Å². The Kier molecular flexibility index (Phi) is 10.4. The Morgan fingerprint density at radius 3 is 2.60 bits per heavy atom. The highest BCUT2D eigenvalue weighted by atomic mass is 19.4. The first kappa shape index (κ1) is 33.8. The molecule has 2 aliphatic heterocycles. The fourth-order valence-corrected chi connectivity index (χ4v) is 5.80. The molecule has 3 N–H and O–H groups in total. The lowest BCUT2D eigenvalue weighted by Gasteiger charge is -2.34. The fraction of sp³-hybridized carbons (Fsp3) is 0.471. The fourth-order valence-electron chi connectivity index (χ4n) is 5.80. The number of likely N-dealkylation sites (tertiary alicyclic amines) is 1. The molecule has 248 valence electrons. The van der Waals surface area contributed by atoms with E-state index in [0.29, 0.717) is 55.0 Å². The Morgan fingerprint density at radius 2 is 1.91 bits per heavy atom. The molecule has 2 amide bonds. The highest BCUT2D eigenvalue weighted by molar-refractivity contribution is 5.83. The minimum Gasteiger partial charge on any atom is -0.373 e. The van der Waals surface area contributed by atoms with Crippen LogP contribution in [-0.2, 0) is 28.1 Å². The third kappa shape index (κ3) is 9.03. The predicted molar refractivity (Wildman–Crippen MR) is 172 cm³/mol. The molecular formula is C34H39F3N8O2. The van der Waals surface area contributed by atoms with Crippen molar-refractivity contribution in [3.8, 4) is 17.9 Å². The molecule has 5 rings (SSSR count). The molecule has 0 radical (unpaired) electrons. The van der Waals surface area contributed by atoms with Crippen LogP contribution in [0.4, 0.5) is 18.9 Å². The number of hydrogen-bond acceptors (Lipinski definition) is 7. The van der Waals surface area contributed by atoms with E-state index in [-0.39, 0.29) is 43.2 Å². The summed E-state index contributed by atoms with van der Waals surface area (Å²) in [6, 6.07) is 13.1. The SMILES string of the molecule is CC(C)(C#N)c1ccc(NCC#Cc2cc3cc(CNC4CCN(C(=O)CN5CCNC(=O)C5)CC4)ccc3n2CC(F)(F)F)cn1. The largest absolute Gasteiger partial charge is 0.406 e. The summed E-state index contributed by atoms with van der Waals surface area (Å²) in [6.45, 7) is 6.15. The van der Waals surface area contributed by atoms with Gasteiger partial charge >= 0.3 is 6.18 Å². The molecule has 2 saturated heterocycles. The van der Waals surface area contributed by atoms with Gasteiger partial charge in [-0.3, -0.25) is 19.5 Å². The van der Waals surface area contributed by atoms with Crippen molar-refractivity contribution in [1.82, 2.24) is 30.0 Å². The highest BCUT2D eigenvalue weighted by Gasteiger charge is 2.30. The quantitative estimate of drug-likeness (QED) is 0.305. The van der Waals surface area contributed by atoms with E-state index in [2.05, 4.69) is 38.8 Å². The third-order valence-corrected chi connectivity index (χ3v) is 8.50. The van der Waals surface area contributed by atoms with Crippen LogP contribution < -0.4 is 16.0 Å². The zero-order valence-corrected chi connectivity index (χ0v) is 26.6. The summed E-state index contributed by atoms with van der Waals surface area (Å²) in [5.74, 6) is 5.80. The van der Waals surface area contributed by atoms with Crippen molar-refractivity contribution in [2.45, 2.75) is 57.4 Å². The first-order valence-electron chi connectivity index (χ1n) is 15.7. The Balaban J connectivity index is 1.17. The number of piperazine rings is 1. The van der Waals surface area contributed by atoms with Crippen molar-refractivity contribution in [3.05, 3.63) is 59.5 Å². The lowest BCUT2D eigenvalue weighted by atomic mass is 9.91. The van der Waals surface area contributed by atoms with E-state index >= 15 is 0 Å². The molecule has 13 heteroatoms. The van der Waals surface area contributed by atoms with Gasteiger partial charge in [0, 0.05) is 49.7 Å². The summed E-state index contributed by atoms with van der Waals surface area (Å²) in [6.07, 6.45) is -1.22. The second kappa shape index (κ2) is 14.4. The number of fused-ring (bicyclic) bond motifs is 1. The molecule has 4 heterocycles. The maximum Gasteiger partial charge on any atom is 0.406 e. The van der Waals surface area contributed by atoms with Crippen LogP contribution in [0.1, 0.15) is 43.6 Å². The second-order valence-electron chi connectivity index (χ2n) is 12.5. The van der Waals surface area contributed by atoms with Gasteiger partial charge in [-0.2, -0.15) is 18.4 Å². The molecule has 1 aromatic carbocycles. The van der Waals surface area contributed by atoms with Crippen LogP contribution in [0.3, 0.4) is 0 Å². The maximum absolute atomic E-state index is 13.5. The van der Waals surface area contributed by atoms with Gasteiger partial charge < -0.3 is 25.4 Å². The van der Waals surface area contributed by atoms with Crippen molar-refractivity contribution in [2.24, 2.45) is 0 Å². The number of nitriles is 1. The van der Waals surface area contributed by atoms with E-state index in [9.17, 15) is 28.0 Å². The number of benzene rings is 1. The van der Waals surface area contributed by atoms with Gasteiger partial charge in [-0.05, 0) is 68.5 Å². The maximum atomic E-state index is 13.5. The Morgan fingerprint density at radius 1 is 1.13 bits per heavy atom. The zero-order chi connectivity index (χ0) is 33.6. The van der Waals surface area contributed by atoms with Crippen molar-refractivity contribution in [3.63, 3.8) is 0 Å². The van der Waals surface area contributed by atoms with Gasteiger partial charge in [0.05, 0.1) is 54.4 Å². The predicted octanol–water partition coefficient (Wildman–Crippen LogP) is 3.38. The van der Waals surface area contributed by atoms with E-state index in [0.717, 1.165) is 18.4 Å². The highest BCUT2D eigenvalue weighted by Crippen LogP contribution is 2.27. The Hall–Kier alpha value is -4.59. The number of rotatable bonds is 9. The van der Waals surface area contributed by atoms with Gasteiger partial charge in [-0.1, -0.05) is 12.0 Å². The van der Waals surface area contributed by atoms with Crippen LogP contribution in [0.5, 0.6) is 0 Å². The summed E-state index contributed by atoms with van der Waals surface area (Å²) in [4.78, 5) is 32.4. The number of carbonyl (C=O) groups is 2. The number of alkyl halides is 3. The van der Waals surface area contributed by atoms with E-state index in [1.807, 2.05) is 21.9 Å². The smallest absolute Gasteiger partial charge is 0.373 e. The average Bonchev–Trinajstić information content (AvgIpc) is 3.37. The standard InChI is InChI=1S/C34H39F3N8O2/c1-33(2,22-38)30-8-6-27(19-42-30)39-11-3-4-28-17-25-16-24(5-7-29(25)45(28)23-34(35,36)37)18-41-26-9-13-44(14-10-26)32(47)21-43-15-12-40-31(46)20-43/h5-8,16-17,19,26,39,41H,9-15,18,20-21,23H2,1-2H3,(H,40,46). The minimum atomic E-state index is -4.41. The molecule has 0 bridgehead atoms. The normalized spacial score (nSPS) is 16.3. The van der Waals surface area contributed by atoms with Gasteiger partial charge in [-0.25, -0.2) is 0 Å². The monoisotopic (exact) mass is 648 g/mol. The van der Waals surface area contributed by atoms with Gasteiger partial charge in [0.1, 0.15) is 6.54 Å². The van der Waals surface area contributed by atoms with Crippen LogP contribution in [0.15, 0.2) is 42.6 Å². The molecule has 2 aromatic heterocycles. The zero-order valence-electron chi connectivity index (χ0n) is 26.6. The van der Waals surface area contributed by atoms with Crippen molar-refractivity contribution >= 4 is 28.4 Å². The molecule has 2 fully saturated rings. The molecule has 0 saturated carbocycles. The van der Waals surface area contributed by atoms with E-state index in [1.54, 1.807) is 44.3 Å². The topological polar surface area (TPSA) is 118 Å². The van der Waals surface area contributed by atoms with E-state index < -0.39 is 18.1 Å². The van der Waals surface area contributed by atoms with Gasteiger partial charge in [-0.15, -0.1) is 0 Å². The van der Waals surface area contributed by atoms with Gasteiger partial charge in [0.2, 0.25) is 11.8 Å². The molecule has 2 aliphatic rings. The number of anilines is 1. The summed E-state index contributed by atoms with van der Waals surface area (Å²) in [7, 11) is 0. The van der Waals surface area contributed by atoms with Gasteiger partial charge in [0.15, 0.2) is 0 Å². The number of amides is 2. The molecule has 47 heavy (non-hydrogen) atoms. The number of pyridine rings is 1. The second-order valence-corrected chi connectivity index (χ2v) is 12.5. The third-order valence-electron chi connectivity index (χ3n) is 8.50. The Bertz CT molecular complexity index is 1690. The first-order valence-corrected chi connectivity index (χ1v) is 15.7. The van der Waals surface area contributed by atoms with Crippen LogP contribution >= 0.6 is 0 Å². The number of piperidine rings is 1. The van der Waals surface area contributed by atoms with Crippen LogP contribution in [0.2, 0.25) is 0 Å². The summed E-state index contributed by atoms with van der Waals surface area (Å²) < 4.78 is 41.8. The number of nitrogens with one attached hydrogen (secondary N) is 3. The molecule has 0 unspecified atom stereocenters. The molecular weight excluding hydrogens is 609 g/mol. The molecule has 0 spiro atoms. The summed E-state index contributed by atoms with van der Waals surface area (Å²) in [5.41, 5.74) is 2.30. The minimum absolute atomic E-state index is 0.0356. The van der Waals surface area contributed by atoms with E-state index in [1.165, 1.54) is 4.57 Å². The average molecular weight is 649 g/mol. The Labute approximate surface area is 272 Å². The number of aromatic nitrogens is 2. The lowest BCUT2D eigenvalue weighted by Crippen LogP contribution is -2.52. The van der Waals surface area contributed by atoms with Crippen molar-refractivity contribution < 1.29 is 22.8 Å². The molecule has 0 aliphatic carbocycles. The van der Waals surface area contributed by atoms with Crippen LogP contribution in [0, 0.1) is 23.2 Å². The molecule has 3 aromatic rings. The number of carbonyl (C=O) groups excluding carboxylic acids is 2. The number of nitrogens with zero attached hydrogens (tertiary/aromatic N) is 5. The number of halogens is 3. The molecule has 0 atom stereocenters. The summed E-state index contributed by atoms with van der Waals surface area (Å²) in [5, 5.41) is 19.4. The lowest BCUT2D eigenvalue weighted by molar-refractivity contribution is -0.140. The van der Waals surface area contributed by atoms with Crippen molar-refractivity contribution in [1.29, 1.82) is 5.26 Å².